The monoisotopic (exact) mass is 412 g/mol. The number of hydrogen-bond acceptors (Lipinski definition) is 7. The van der Waals surface area contributed by atoms with Gasteiger partial charge in [-0.3, -0.25) is 4.79 Å². The number of anilines is 2. The van der Waals surface area contributed by atoms with Gasteiger partial charge in [-0.05, 0) is 49.2 Å². The average Bonchev–Trinajstić information content (AvgIpc) is 3.05. The Morgan fingerprint density at radius 3 is 2.64 bits per heavy atom. The maximum Gasteiger partial charge on any atom is 0.233 e. The molecule has 0 radical (unpaired) electrons. The minimum Gasteiger partial charge on any atom is -0.457 e. The van der Waals surface area contributed by atoms with E-state index in [-0.39, 0.29) is 11.2 Å². The number of hydrogen-bond donors (Lipinski definition) is 2. The second-order valence-corrected chi connectivity index (χ2v) is 8.76. The van der Waals surface area contributed by atoms with Crippen molar-refractivity contribution in [2.45, 2.75) is 28.9 Å². The van der Waals surface area contributed by atoms with Gasteiger partial charge in [0.05, 0.1) is 5.25 Å². The molecule has 0 aliphatic carbocycles. The third-order valence-corrected chi connectivity index (χ3v) is 6.41. The van der Waals surface area contributed by atoms with E-state index in [0.29, 0.717) is 5.13 Å². The van der Waals surface area contributed by atoms with Crippen LogP contribution in [0.15, 0.2) is 58.9 Å². The summed E-state index contributed by atoms with van der Waals surface area (Å²) in [6.45, 7) is 0.767. The van der Waals surface area contributed by atoms with Gasteiger partial charge in [-0.15, -0.1) is 10.2 Å². The number of thioether (sulfide) groups is 1. The molecule has 1 saturated heterocycles. The zero-order valence-electron chi connectivity index (χ0n) is 15.1. The first-order valence-corrected chi connectivity index (χ1v) is 10.8. The van der Waals surface area contributed by atoms with Gasteiger partial charge in [0, 0.05) is 12.2 Å². The van der Waals surface area contributed by atoms with E-state index in [4.69, 9.17) is 4.74 Å². The molecule has 2 heterocycles. The van der Waals surface area contributed by atoms with Crippen molar-refractivity contribution < 1.29 is 9.53 Å². The summed E-state index contributed by atoms with van der Waals surface area (Å²) in [6.07, 6.45) is 2.97. The second kappa shape index (κ2) is 9.07. The molecule has 2 aromatic carbocycles. The van der Waals surface area contributed by atoms with Crippen LogP contribution >= 0.6 is 23.1 Å². The maximum absolute atomic E-state index is 12.1. The molecule has 28 heavy (non-hydrogen) atoms. The number of aromatic nitrogens is 2. The highest BCUT2D eigenvalue weighted by Gasteiger charge is 2.23. The molecule has 8 heteroatoms. The lowest BCUT2D eigenvalue weighted by Gasteiger charge is -2.09. The molecule has 1 aliphatic rings. The summed E-state index contributed by atoms with van der Waals surface area (Å²) in [6, 6.07) is 17.4. The van der Waals surface area contributed by atoms with Gasteiger partial charge in [0.25, 0.3) is 0 Å². The fourth-order valence-electron chi connectivity index (χ4n) is 2.81. The van der Waals surface area contributed by atoms with Crippen LogP contribution in [0, 0.1) is 0 Å². The molecular weight excluding hydrogens is 392 g/mol. The highest BCUT2D eigenvalue weighted by atomic mass is 32.2. The fraction of sp³-hybridized carbons (Fsp3) is 0.250. The Balaban J connectivity index is 1.35. The number of ether oxygens (including phenoxy) is 1. The summed E-state index contributed by atoms with van der Waals surface area (Å²) < 4.78 is 6.60. The Morgan fingerprint density at radius 2 is 1.82 bits per heavy atom. The van der Waals surface area contributed by atoms with Crippen molar-refractivity contribution in [1.82, 2.24) is 15.5 Å². The van der Waals surface area contributed by atoms with Gasteiger partial charge in [-0.2, -0.15) is 0 Å². The number of amides is 1. The predicted octanol–water partition coefficient (Wildman–Crippen LogP) is 4.83. The van der Waals surface area contributed by atoms with Crippen LogP contribution in [0.1, 0.15) is 19.3 Å². The van der Waals surface area contributed by atoms with Crippen molar-refractivity contribution in [2.75, 3.05) is 11.9 Å². The van der Waals surface area contributed by atoms with Crippen molar-refractivity contribution in [3.05, 3.63) is 54.6 Å². The maximum atomic E-state index is 12.1. The van der Waals surface area contributed by atoms with E-state index in [1.165, 1.54) is 23.1 Å². The number of para-hydroxylation sites is 1. The molecule has 6 nitrogen and oxygen atoms in total. The van der Waals surface area contributed by atoms with E-state index in [1.807, 2.05) is 54.6 Å². The molecule has 4 rings (SSSR count). The smallest absolute Gasteiger partial charge is 0.233 e. The van der Waals surface area contributed by atoms with Crippen molar-refractivity contribution in [3.8, 4) is 11.5 Å². The Kier molecular flexibility index (Phi) is 6.08. The van der Waals surface area contributed by atoms with Gasteiger partial charge < -0.3 is 15.4 Å². The number of rotatable bonds is 6. The Hall–Kier alpha value is -2.58. The predicted molar refractivity (Wildman–Crippen MR) is 113 cm³/mol. The molecule has 2 N–H and O–H groups in total. The summed E-state index contributed by atoms with van der Waals surface area (Å²) in [5, 5.41) is 15.2. The number of nitrogens with zero attached hydrogens (tertiary/aromatic N) is 2. The van der Waals surface area contributed by atoms with Crippen molar-refractivity contribution in [2.24, 2.45) is 0 Å². The largest absolute Gasteiger partial charge is 0.457 e. The fourth-order valence-corrected chi connectivity index (χ4v) is 4.89. The third-order valence-electron chi connectivity index (χ3n) is 4.22. The molecule has 0 spiro atoms. The lowest BCUT2D eigenvalue weighted by Crippen LogP contribution is -2.30. The minimum absolute atomic E-state index is 0.0854. The summed E-state index contributed by atoms with van der Waals surface area (Å²) in [5.41, 5.74) is 0.903. The number of carbonyl (C=O) groups excluding carboxylic acids is 1. The molecule has 3 aromatic rings. The van der Waals surface area contributed by atoms with Crippen LogP contribution in [0.25, 0.3) is 0 Å². The van der Waals surface area contributed by atoms with Crippen LogP contribution in [-0.2, 0) is 4.79 Å². The van der Waals surface area contributed by atoms with Gasteiger partial charge in [-0.25, -0.2) is 0 Å². The molecule has 1 atom stereocenters. The molecule has 1 fully saturated rings. The molecule has 0 saturated carbocycles. The highest BCUT2D eigenvalue weighted by molar-refractivity contribution is 8.02. The number of benzene rings is 2. The first-order chi connectivity index (χ1) is 13.8. The van der Waals surface area contributed by atoms with Crippen molar-refractivity contribution in [1.29, 1.82) is 0 Å². The van der Waals surface area contributed by atoms with E-state index < -0.39 is 0 Å². The summed E-state index contributed by atoms with van der Waals surface area (Å²) in [5.74, 6) is 1.67. The number of carbonyl (C=O) groups is 1. The Morgan fingerprint density at radius 1 is 1.04 bits per heavy atom. The Labute approximate surface area is 171 Å². The quantitative estimate of drug-likeness (QED) is 0.604. The van der Waals surface area contributed by atoms with Gasteiger partial charge in [0.15, 0.2) is 4.34 Å². The van der Waals surface area contributed by atoms with Crippen LogP contribution in [-0.4, -0.2) is 27.9 Å². The standard InChI is InChI=1S/C20H20N4O2S2/c25-18-17(8-4-5-13-21-18)27-20-24-23-19(28-20)22-14-9-11-16(12-10-14)26-15-6-2-1-3-7-15/h1-3,6-7,9-12,17H,4-5,8,13H2,(H,21,25)(H,22,23)/t17-/m1/s1. The molecule has 1 aromatic heterocycles. The van der Waals surface area contributed by atoms with E-state index >= 15 is 0 Å². The Bertz CT molecular complexity index is 915. The lowest BCUT2D eigenvalue weighted by atomic mass is 10.2. The molecule has 0 unspecified atom stereocenters. The highest BCUT2D eigenvalue weighted by Crippen LogP contribution is 2.33. The molecule has 0 bridgehead atoms. The summed E-state index contributed by atoms with van der Waals surface area (Å²) >= 11 is 2.95. The van der Waals surface area contributed by atoms with Crippen LogP contribution < -0.4 is 15.4 Å². The van der Waals surface area contributed by atoms with E-state index in [1.54, 1.807) is 0 Å². The normalized spacial score (nSPS) is 16.9. The SMILES string of the molecule is O=C1NCCCC[C@H]1Sc1nnc(Nc2ccc(Oc3ccccc3)cc2)s1. The summed E-state index contributed by atoms with van der Waals surface area (Å²) in [4.78, 5) is 12.1. The topological polar surface area (TPSA) is 76.1 Å². The lowest BCUT2D eigenvalue weighted by molar-refractivity contribution is -0.120. The average molecular weight is 413 g/mol. The van der Waals surface area contributed by atoms with Gasteiger partial charge in [0.2, 0.25) is 11.0 Å². The first-order valence-electron chi connectivity index (χ1n) is 9.14. The van der Waals surface area contributed by atoms with E-state index in [0.717, 1.165) is 47.3 Å². The van der Waals surface area contributed by atoms with Crippen LogP contribution in [0.5, 0.6) is 11.5 Å². The second-order valence-electron chi connectivity index (χ2n) is 6.33. The molecule has 1 aliphatic heterocycles. The van der Waals surface area contributed by atoms with Gasteiger partial charge >= 0.3 is 0 Å². The number of nitrogens with one attached hydrogen (secondary N) is 2. The van der Waals surface area contributed by atoms with Crippen LogP contribution in [0.4, 0.5) is 10.8 Å². The van der Waals surface area contributed by atoms with E-state index in [9.17, 15) is 4.79 Å². The van der Waals surface area contributed by atoms with Gasteiger partial charge in [0.1, 0.15) is 11.5 Å². The zero-order valence-corrected chi connectivity index (χ0v) is 16.8. The molecular formula is C20H20N4O2S2. The van der Waals surface area contributed by atoms with Crippen LogP contribution in [0.3, 0.4) is 0 Å². The molecule has 1 amide bonds. The van der Waals surface area contributed by atoms with Crippen LogP contribution in [0.2, 0.25) is 0 Å². The third kappa shape index (κ3) is 5.02. The van der Waals surface area contributed by atoms with Crippen molar-refractivity contribution in [3.63, 3.8) is 0 Å². The minimum atomic E-state index is -0.0854. The van der Waals surface area contributed by atoms with Gasteiger partial charge in [-0.1, -0.05) is 47.7 Å². The van der Waals surface area contributed by atoms with Crippen molar-refractivity contribution >= 4 is 39.8 Å². The zero-order chi connectivity index (χ0) is 19.2. The first kappa shape index (κ1) is 18.8. The summed E-state index contributed by atoms with van der Waals surface area (Å²) in [7, 11) is 0. The van der Waals surface area contributed by atoms with E-state index in [2.05, 4.69) is 20.8 Å². The molecule has 144 valence electrons.